The first-order valence-corrected chi connectivity index (χ1v) is 6.03. The molecule has 1 amide bonds. The quantitative estimate of drug-likeness (QED) is 0.587. The summed E-state index contributed by atoms with van der Waals surface area (Å²) in [5.41, 5.74) is 5.29. The molecule has 2 aromatic carbocycles. The predicted octanol–water partition coefficient (Wildman–Crippen LogP) is 2.40. The van der Waals surface area contributed by atoms with Crippen LogP contribution in [0, 0.1) is 18.3 Å². The van der Waals surface area contributed by atoms with Crippen molar-refractivity contribution in [1.82, 2.24) is 0 Å². The number of amides is 1. The second-order valence-corrected chi connectivity index (χ2v) is 4.30. The van der Waals surface area contributed by atoms with Crippen molar-refractivity contribution in [2.45, 2.75) is 6.92 Å². The number of nitrogen functional groups attached to an aromatic ring is 1. The fourth-order valence-corrected chi connectivity index (χ4v) is 1.85. The van der Waals surface area contributed by atoms with Crippen LogP contribution in [0.4, 0.5) is 11.4 Å². The molecular formula is C15H14N4O. The number of para-hydroxylation sites is 1. The van der Waals surface area contributed by atoms with Crippen molar-refractivity contribution in [3.05, 3.63) is 59.2 Å². The van der Waals surface area contributed by atoms with E-state index in [0.717, 1.165) is 5.56 Å². The van der Waals surface area contributed by atoms with Crippen LogP contribution in [0.1, 0.15) is 21.5 Å². The van der Waals surface area contributed by atoms with E-state index in [4.69, 9.17) is 11.1 Å². The smallest absolute Gasteiger partial charge is 0.257 e. The van der Waals surface area contributed by atoms with Crippen molar-refractivity contribution in [3.8, 4) is 6.07 Å². The third-order valence-corrected chi connectivity index (χ3v) is 2.87. The van der Waals surface area contributed by atoms with Gasteiger partial charge >= 0.3 is 0 Å². The Labute approximate surface area is 117 Å². The molecule has 0 unspecified atom stereocenters. The van der Waals surface area contributed by atoms with Gasteiger partial charge in [0.15, 0.2) is 0 Å². The maximum Gasteiger partial charge on any atom is 0.257 e. The molecule has 0 aliphatic heterocycles. The van der Waals surface area contributed by atoms with Crippen LogP contribution >= 0.6 is 0 Å². The Bertz CT molecular complexity index is 689. The molecule has 0 radical (unpaired) electrons. The second kappa shape index (κ2) is 5.87. The maximum atomic E-state index is 12.3. The van der Waals surface area contributed by atoms with E-state index in [-0.39, 0.29) is 5.91 Å². The highest BCUT2D eigenvalue weighted by molar-refractivity contribution is 6.08. The molecular weight excluding hydrogens is 252 g/mol. The van der Waals surface area contributed by atoms with Gasteiger partial charge in [-0.1, -0.05) is 23.8 Å². The van der Waals surface area contributed by atoms with Gasteiger partial charge in [0.1, 0.15) is 6.07 Å². The zero-order valence-electron chi connectivity index (χ0n) is 11.0. The Kier molecular flexibility index (Phi) is 3.99. The number of aryl methyl sites for hydroxylation is 1. The molecule has 2 rings (SSSR count). The number of hydrogen-bond donors (Lipinski definition) is 3. The van der Waals surface area contributed by atoms with E-state index in [9.17, 15) is 4.79 Å². The summed E-state index contributed by atoms with van der Waals surface area (Å²) >= 11 is 0. The fraction of sp³-hybridized carbons (Fsp3) is 0.0667. The molecule has 0 aliphatic carbocycles. The van der Waals surface area contributed by atoms with Gasteiger partial charge in [0.05, 0.1) is 22.5 Å². The van der Waals surface area contributed by atoms with E-state index >= 15 is 0 Å². The molecule has 4 N–H and O–H groups in total. The van der Waals surface area contributed by atoms with E-state index in [1.165, 1.54) is 0 Å². The number of nitrogens with two attached hydrogens (primary N) is 1. The lowest BCUT2D eigenvalue weighted by Crippen LogP contribution is -2.18. The summed E-state index contributed by atoms with van der Waals surface area (Å²) < 4.78 is 0. The number of hydrazine groups is 1. The average Bonchev–Trinajstić information content (AvgIpc) is 2.47. The first-order chi connectivity index (χ1) is 9.65. The van der Waals surface area contributed by atoms with Crippen LogP contribution in [-0.4, -0.2) is 5.91 Å². The van der Waals surface area contributed by atoms with E-state index < -0.39 is 0 Å². The van der Waals surface area contributed by atoms with Crippen molar-refractivity contribution in [2.75, 3.05) is 10.7 Å². The highest BCUT2D eigenvalue weighted by Crippen LogP contribution is 2.20. The molecule has 0 heterocycles. The minimum atomic E-state index is -0.315. The fourth-order valence-electron chi connectivity index (χ4n) is 1.85. The van der Waals surface area contributed by atoms with E-state index in [2.05, 4.69) is 10.7 Å². The van der Waals surface area contributed by atoms with Crippen molar-refractivity contribution in [3.63, 3.8) is 0 Å². The van der Waals surface area contributed by atoms with Crippen LogP contribution in [0.25, 0.3) is 0 Å². The Morgan fingerprint density at radius 1 is 1.20 bits per heavy atom. The number of anilines is 2. The van der Waals surface area contributed by atoms with E-state index in [1.807, 2.05) is 19.1 Å². The first kappa shape index (κ1) is 13.6. The lowest BCUT2D eigenvalue weighted by atomic mass is 10.1. The number of hydrogen-bond acceptors (Lipinski definition) is 4. The van der Waals surface area contributed by atoms with Crippen molar-refractivity contribution < 1.29 is 4.79 Å². The second-order valence-electron chi connectivity index (χ2n) is 4.30. The van der Waals surface area contributed by atoms with Gasteiger partial charge in [-0.15, -0.1) is 0 Å². The number of carbonyl (C=O) groups excluding carboxylic acids is 1. The van der Waals surface area contributed by atoms with E-state index in [1.54, 1.807) is 36.4 Å². The highest BCUT2D eigenvalue weighted by atomic mass is 16.1. The molecule has 20 heavy (non-hydrogen) atoms. The van der Waals surface area contributed by atoms with Crippen molar-refractivity contribution >= 4 is 17.3 Å². The van der Waals surface area contributed by atoms with Crippen LogP contribution in [0.2, 0.25) is 0 Å². The predicted molar refractivity (Wildman–Crippen MR) is 78.1 cm³/mol. The lowest BCUT2D eigenvalue weighted by Gasteiger charge is -2.11. The molecule has 0 aliphatic rings. The number of nitrogens with one attached hydrogen (secondary N) is 2. The lowest BCUT2D eigenvalue weighted by molar-refractivity contribution is 0.102. The van der Waals surface area contributed by atoms with Crippen LogP contribution in [0.15, 0.2) is 42.5 Å². The van der Waals surface area contributed by atoms with Crippen molar-refractivity contribution in [1.29, 1.82) is 5.26 Å². The van der Waals surface area contributed by atoms with Crippen LogP contribution in [0.3, 0.4) is 0 Å². The van der Waals surface area contributed by atoms with Gasteiger partial charge < -0.3 is 10.7 Å². The minimum Gasteiger partial charge on any atom is -0.323 e. The Balaban J connectivity index is 2.33. The monoisotopic (exact) mass is 266 g/mol. The molecule has 0 spiro atoms. The zero-order valence-corrected chi connectivity index (χ0v) is 11.0. The molecule has 100 valence electrons. The summed E-state index contributed by atoms with van der Waals surface area (Å²) in [6.07, 6.45) is 0. The number of nitrogens with zero attached hydrogens (tertiary/aromatic N) is 1. The standard InChI is InChI=1S/C15H14N4O/c1-10-6-7-14(19-17)12(8-10)15(20)18-13-5-3-2-4-11(13)9-16/h2-8,19H,17H2,1H3,(H,18,20). The number of rotatable bonds is 3. The maximum absolute atomic E-state index is 12.3. The summed E-state index contributed by atoms with van der Waals surface area (Å²) in [7, 11) is 0. The summed E-state index contributed by atoms with van der Waals surface area (Å²) in [6, 6.07) is 14.2. The molecule has 5 heteroatoms. The normalized spacial score (nSPS) is 9.65. The van der Waals surface area contributed by atoms with Crippen LogP contribution in [-0.2, 0) is 0 Å². The molecule has 0 aromatic heterocycles. The molecule has 0 saturated heterocycles. The average molecular weight is 266 g/mol. The summed E-state index contributed by atoms with van der Waals surface area (Å²) in [5.74, 6) is 5.09. The molecule has 0 fully saturated rings. The van der Waals surface area contributed by atoms with Gasteiger partial charge in [-0.2, -0.15) is 5.26 Å². The van der Waals surface area contributed by atoms with Gasteiger partial charge in [-0.3, -0.25) is 10.6 Å². The van der Waals surface area contributed by atoms with Gasteiger partial charge in [0.2, 0.25) is 0 Å². The number of benzene rings is 2. The van der Waals surface area contributed by atoms with E-state index in [0.29, 0.717) is 22.5 Å². The topological polar surface area (TPSA) is 90.9 Å². The largest absolute Gasteiger partial charge is 0.323 e. The third-order valence-electron chi connectivity index (χ3n) is 2.87. The minimum absolute atomic E-state index is 0.315. The van der Waals surface area contributed by atoms with Gasteiger partial charge in [-0.25, -0.2) is 0 Å². The summed E-state index contributed by atoms with van der Waals surface area (Å²) in [4.78, 5) is 12.3. The van der Waals surface area contributed by atoms with Gasteiger partial charge in [0, 0.05) is 0 Å². The Hall–Kier alpha value is -2.84. The Morgan fingerprint density at radius 3 is 2.65 bits per heavy atom. The summed E-state index contributed by atoms with van der Waals surface area (Å²) in [5, 5.41) is 11.7. The zero-order chi connectivity index (χ0) is 14.5. The third kappa shape index (κ3) is 2.76. The van der Waals surface area contributed by atoms with Crippen LogP contribution in [0.5, 0.6) is 0 Å². The van der Waals surface area contributed by atoms with Gasteiger partial charge in [0.25, 0.3) is 5.91 Å². The summed E-state index contributed by atoms with van der Waals surface area (Å²) in [6.45, 7) is 1.89. The molecule has 2 aromatic rings. The number of nitriles is 1. The highest BCUT2D eigenvalue weighted by Gasteiger charge is 2.13. The molecule has 5 nitrogen and oxygen atoms in total. The van der Waals surface area contributed by atoms with Gasteiger partial charge in [-0.05, 0) is 31.2 Å². The molecule has 0 bridgehead atoms. The molecule has 0 saturated carbocycles. The van der Waals surface area contributed by atoms with Crippen molar-refractivity contribution in [2.24, 2.45) is 5.84 Å². The Morgan fingerprint density at radius 2 is 1.95 bits per heavy atom. The number of carbonyl (C=O) groups is 1. The molecule has 0 atom stereocenters. The first-order valence-electron chi connectivity index (χ1n) is 6.03. The van der Waals surface area contributed by atoms with Crippen LogP contribution < -0.4 is 16.6 Å². The SMILES string of the molecule is Cc1ccc(NN)c(C(=O)Nc2ccccc2C#N)c1.